The lowest BCUT2D eigenvalue weighted by molar-refractivity contribution is -0.115. The molecule has 7 nitrogen and oxygen atoms in total. The van der Waals surface area contributed by atoms with Gasteiger partial charge in [-0.25, -0.2) is 0 Å². The third-order valence-corrected chi connectivity index (χ3v) is 6.07. The fourth-order valence-corrected chi connectivity index (χ4v) is 4.33. The third kappa shape index (κ3) is 7.01. The van der Waals surface area contributed by atoms with Gasteiger partial charge in [0.15, 0.2) is 4.34 Å². The van der Waals surface area contributed by atoms with Gasteiger partial charge in [-0.15, -0.1) is 10.2 Å². The number of methoxy groups -OCH3 is 1. The number of thioether (sulfide) groups is 1. The average molecular weight is 445 g/mol. The first-order chi connectivity index (χ1) is 14.6. The summed E-state index contributed by atoms with van der Waals surface area (Å²) in [5.74, 6) is 0.656. The maximum absolute atomic E-state index is 12.5. The number of benzene rings is 2. The van der Waals surface area contributed by atoms with Gasteiger partial charge in [0.1, 0.15) is 12.4 Å². The standard InChI is InChI=1S/C21H24N4O3S2/c1-15(29-21-25-24-20(30-21)22-12-13-27-2)19(26)23-17-8-10-18(11-9-17)28-14-16-6-4-3-5-7-16/h3-11,15H,12-14H2,1-2H3,(H,22,24)(H,23,26). The summed E-state index contributed by atoms with van der Waals surface area (Å²) in [6, 6.07) is 17.3. The first-order valence-corrected chi connectivity index (χ1v) is 11.1. The number of carbonyl (C=O) groups excluding carboxylic acids is 1. The summed E-state index contributed by atoms with van der Waals surface area (Å²) in [6.45, 7) is 3.61. The van der Waals surface area contributed by atoms with Gasteiger partial charge in [-0.1, -0.05) is 53.4 Å². The van der Waals surface area contributed by atoms with Crippen molar-refractivity contribution in [2.24, 2.45) is 0 Å². The number of hydrogen-bond donors (Lipinski definition) is 2. The number of amides is 1. The molecule has 0 aliphatic carbocycles. The van der Waals surface area contributed by atoms with Crippen LogP contribution in [0.4, 0.5) is 10.8 Å². The van der Waals surface area contributed by atoms with Crippen molar-refractivity contribution in [3.05, 3.63) is 60.2 Å². The van der Waals surface area contributed by atoms with E-state index in [-0.39, 0.29) is 11.2 Å². The number of aromatic nitrogens is 2. The van der Waals surface area contributed by atoms with E-state index < -0.39 is 0 Å². The second kappa shape index (κ2) is 11.5. The van der Waals surface area contributed by atoms with Crippen molar-refractivity contribution in [1.82, 2.24) is 10.2 Å². The number of rotatable bonds is 11. The Kier molecular flexibility index (Phi) is 8.49. The summed E-state index contributed by atoms with van der Waals surface area (Å²) in [4.78, 5) is 12.5. The van der Waals surface area contributed by atoms with Crippen LogP contribution in [-0.2, 0) is 16.1 Å². The Morgan fingerprint density at radius 2 is 1.90 bits per heavy atom. The van der Waals surface area contributed by atoms with E-state index in [0.29, 0.717) is 24.9 Å². The van der Waals surface area contributed by atoms with E-state index in [1.165, 1.54) is 23.1 Å². The second-order valence-corrected chi connectivity index (χ2v) is 8.91. The number of carbonyl (C=O) groups is 1. The van der Waals surface area contributed by atoms with Crippen molar-refractivity contribution >= 4 is 39.8 Å². The summed E-state index contributed by atoms with van der Waals surface area (Å²) in [6.07, 6.45) is 0. The van der Waals surface area contributed by atoms with Crippen molar-refractivity contribution in [1.29, 1.82) is 0 Å². The highest BCUT2D eigenvalue weighted by Crippen LogP contribution is 2.29. The molecule has 1 heterocycles. The van der Waals surface area contributed by atoms with Crippen LogP contribution in [0.5, 0.6) is 5.75 Å². The summed E-state index contributed by atoms with van der Waals surface area (Å²) < 4.78 is 11.5. The smallest absolute Gasteiger partial charge is 0.237 e. The summed E-state index contributed by atoms with van der Waals surface area (Å²) in [5.41, 5.74) is 1.83. The number of nitrogens with one attached hydrogen (secondary N) is 2. The Morgan fingerprint density at radius 1 is 1.13 bits per heavy atom. The molecule has 1 amide bonds. The fourth-order valence-electron chi connectivity index (χ4n) is 2.41. The second-order valence-electron chi connectivity index (χ2n) is 6.34. The Hall–Kier alpha value is -2.62. The van der Waals surface area contributed by atoms with Gasteiger partial charge in [0.05, 0.1) is 11.9 Å². The lowest BCUT2D eigenvalue weighted by Gasteiger charge is -2.11. The molecular formula is C21H24N4O3S2. The molecule has 0 saturated heterocycles. The van der Waals surface area contributed by atoms with Crippen LogP contribution in [-0.4, -0.2) is 41.6 Å². The van der Waals surface area contributed by atoms with E-state index in [9.17, 15) is 4.79 Å². The zero-order chi connectivity index (χ0) is 21.2. The minimum atomic E-state index is -0.307. The summed E-state index contributed by atoms with van der Waals surface area (Å²) in [5, 5.41) is 14.6. The van der Waals surface area contributed by atoms with Crippen molar-refractivity contribution in [3.63, 3.8) is 0 Å². The van der Waals surface area contributed by atoms with Crippen LogP contribution in [0.25, 0.3) is 0 Å². The highest BCUT2D eigenvalue weighted by atomic mass is 32.2. The molecule has 1 aromatic heterocycles. The van der Waals surface area contributed by atoms with Crippen LogP contribution in [0, 0.1) is 0 Å². The van der Waals surface area contributed by atoms with Crippen LogP contribution in [0.2, 0.25) is 0 Å². The largest absolute Gasteiger partial charge is 0.489 e. The molecular weight excluding hydrogens is 420 g/mol. The highest BCUT2D eigenvalue weighted by molar-refractivity contribution is 8.02. The Labute approximate surface area is 184 Å². The van der Waals surface area contributed by atoms with Gasteiger partial charge in [0.2, 0.25) is 11.0 Å². The number of nitrogens with zero attached hydrogens (tertiary/aromatic N) is 2. The molecule has 0 saturated carbocycles. The summed E-state index contributed by atoms with van der Waals surface area (Å²) in [7, 11) is 1.65. The third-order valence-electron chi connectivity index (χ3n) is 4.01. The highest BCUT2D eigenvalue weighted by Gasteiger charge is 2.17. The molecule has 1 unspecified atom stereocenters. The van der Waals surface area contributed by atoms with Crippen LogP contribution in [0.15, 0.2) is 58.9 Å². The van der Waals surface area contributed by atoms with E-state index in [0.717, 1.165) is 21.3 Å². The van der Waals surface area contributed by atoms with Crippen LogP contribution < -0.4 is 15.4 Å². The molecule has 0 bridgehead atoms. The van der Waals surface area contributed by atoms with Gasteiger partial charge >= 0.3 is 0 Å². The molecule has 2 N–H and O–H groups in total. The van der Waals surface area contributed by atoms with E-state index in [1.807, 2.05) is 61.5 Å². The van der Waals surface area contributed by atoms with Gasteiger partial charge in [0, 0.05) is 19.3 Å². The fraction of sp³-hybridized carbons (Fsp3) is 0.286. The maximum atomic E-state index is 12.5. The van der Waals surface area contributed by atoms with Crippen molar-refractivity contribution in [2.45, 2.75) is 23.1 Å². The quantitative estimate of drug-likeness (QED) is 0.337. The molecule has 0 aliphatic rings. The van der Waals surface area contributed by atoms with E-state index in [4.69, 9.17) is 9.47 Å². The molecule has 30 heavy (non-hydrogen) atoms. The van der Waals surface area contributed by atoms with Crippen molar-refractivity contribution in [2.75, 3.05) is 30.9 Å². The van der Waals surface area contributed by atoms with Crippen molar-refractivity contribution in [3.8, 4) is 5.75 Å². The molecule has 3 aromatic rings. The topological polar surface area (TPSA) is 85.4 Å². The molecule has 0 spiro atoms. The van der Waals surface area contributed by atoms with Gasteiger partial charge in [-0.3, -0.25) is 4.79 Å². The Balaban J connectivity index is 1.45. The minimum Gasteiger partial charge on any atom is -0.489 e. The number of anilines is 2. The van der Waals surface area contributed by atoms with E-state index in [2.05, 4.69) is 20.8 Å². The van der Waals surface area contributed by atoms with Crippen molar-refractivity contribution < 1.29 is 14.3 Å². The van der Waals surface area contributed by atoms with Crippen LogP contribution >= 0.6 is 23.1 Å². The maximum Gasteiger partial charge on any atom is 0.237 e. The lowest BCUT2D eigenvalue weighted by Crippen LogP contribution is -2.22. The molecule has 0 fully saturated rings. The predicted molar refractivity (Wildman–Crippen MR) is 121 cm³/mol. The molecule has 1 atom stereocenters. The van der Waals surface area contributed by atoms with E-state index in [1.54, 1.807) is 7.11 Å². The molecule has 0 radical (unpaired) electrons. The molecule has 9 heteroatoms. The van der Waals surface area contributed by atoms with Gasteiger partial charge < -0.3 is 20.1 Å². The van der Waals surface area contributed by atoms with E-state index >= 15 is 0 Å². The number of hydrogen-bond acceptors (Lipinski definition) is 8. The average Bonchev–Trinajstić information content (AvgIpc) is 3.21. The zero-order valence-electron chi connectivity index (χ0n) is 16.8. The molecule has 158 valence electrons. The monoisotopic (exact) mass is 444 g/mol. The Bertz CT molecular complexity index is 920. The van der Waals surface area contributed by atoms with Gasteiger partial charge in [-0.2, -0.15) is 0 Å². The SMILES string of the molecule is COCCNc1nnc(SC(C)C(=O)Nc2ccc(OCc3ccccc3)cc2)s1. The predicted octanol–water partition coefficient (Wildman–Crippen LogP) is 4.29. The minimum absolute atomic E-state index is 0.0953. The first-order valence-electron chi connectivity index (χ1n) is 9.44. The zero-order valence-corrected chi connectivity index (χ0v) is 18.5. The normalized spacial score (nSPS) is 11.7. The molecule has 3 rings (SSSR count). The Morgan fingerprint density at radius 3 is 2.63 bits per heavy atom. The van der Waals surface area contributed by atoms with Crippen LogP contribution in [0.3, 0.4) is 0 Å². The van der Waals surface area contributed by atoms with Gasteiger partial charge in [-0.05, 0) is 36.8 Å². The number of ether oxygens (including phenoxy) is 2. The summed E-state index contributed by atoms with van der Waals surface area (Å²) >= 11 is 2.80. The van der Waals surface area contributed by atoms with Gasteiger partial charge in [0.25, 0.3) is 0 Å². The molecule has 2 aromatic carbocycles. The first kappa shape index (κ1) is 22.1. The molecule has 0 aliphatic heterocycles. The lowest BCUT2D eigenvalue weighted by atomic mass is 10.2. The van der Waals surface area contributed by atoms with Crippen LogP contribution in [0.1, 0.15) is 12.5 Å².